The van der Waals surface area contributed by atoms with Crippen molar-refractivity contribution in [2.24, 2.45) is 0 Å². The molecule has 0 aliphatic heterocycles. The van der Waals surface area contributed by atoms with Gasteiger partial charge in [-0.05, 0) is 59.7 Å². The summed E-state index contributed by atoms with van der Waals surface area (Å²) >= 11 is 1.89. The summed E-state index contributed by atoms with van der Waals surface area (Å²) < 4.78 is 7.56. The Morgan fingerprint density at radius 1 is 0.356 bits per heavy atom. The third-order valence-corrected chi connectivity index (χ3v) is 10.5. The molecule has 210 valence electrons. The Kier molecular flexibility index (Phi) is 5.19. The van der Waals surface area contributed by atoms with E-state index in [2.05, 4.69) is 167 Å². The van der Waals surface area contributed by atoms with Gasteiger partial charge in [0.25, 0.3) is 0 Å². The van der Waals surface area contributed by atoms with Crippen molar-refractivity contribution in [3.8, 4) is 22.5 Å². The highest BCUT2D eigenvalue weighted by atomic mass is 32.1. The molecule has 3 heteroatoms. The fraction of sp³-hybridized carbons (Fsp3) is 0. The van der Waals surface area contributed by atoms with Crippen molar-refractivity contribution in [1.82, 2.24) is 9.13 Å². The fourth-order valence-corrected chi connectivity index (χ4v) is 8.60. The first-order valence-corrected chi connectivity index (χ1v) is 16.2. The van der Waals surface area contributed by atoms with Crippen LogP contribution in [0.25, 0.3) is 86.3 Å². The molecule has 0 saturated heterocycles. The average molecular weight is 591 g/mol. The Bertz CT molecular complexity index is 2740. The lowest BCUT2D eigenvalue weighted by Crippen LogP contribution is -1.95. The highest BCUT2D eigenvalue weighted by Crippen LogP contribution is 2.44. The van der Waals surface area contributed by atoms with Gasteiger partial charge in [-0.3, -0.25) is 0 Å². The summed E-state index contributed by atoms with van der Waals surface area (Å²) in [5.74, 6) is 0. The van der Waals surface area contributed by atoms with Gasteiger partial charge in [0.1, 0.15) is 0 Å². The Hall–Kier alpha value is -5.64. The van der Waals surface area contributed by atoms with Crippen molar-refractivity contribution >= 4 is 75.1 Å². The second kappa shape index (κ2) is 9.43. The second-order valence-electron chi connectivity index (χ2n) is 11.7. The molecular weight excluding hydrogens is 565 g/mol. The zero-order valence-corrected chi connectivity index (χ0v) is 25.1. The van der Waals surface area contributed by atoms with Crippen LogP contribution in [0.2, 0.25) is 0 Å². The van der Waals surface area contributed by atoms with E-state index in [0.717, 1.165) is 0 Å². The van der Waals surface area contributed by atoms with Gasteiger partial charge in [-0.25, -0.2) is 0 Å². The van der Waals surface area contributed by atoms with Crippen molar-refractivity contribution < 1.29 is 0 Å². The van der Waals surface area contributed by atoms with E-state index in [-0.39, 0.29) is 0 Å². The molecule has 0 bridgehead atoms. The summed E-state index contributed by atoms with van der Waals surface area (Å²) in [6.45, 7) is 0. The van der Waals surface area contributed by atoms with Gasteiger partial charge in [0.15, 0.2) is 0 Å². The summed E-state index contributed by atoms with van der Waals surface area (Å²) in [6, 6.07) is 57.5. The number of hydrogen-bond acceptors (Lipinski definition) is 1. The average Bonchev–Trinajstić information content (AvgIpc) is 3.76. The van der Waals surface area contributed by atoms with E-state index in [1.165, 1.54) is 86.3 Å². The first-order valence-electron chi connectivity index (χ1n) is 15.4. The summed E-state index contributed by atoms with van der Waals surface area (Å²) in [5, 5.41) is 7.79. The normalized spacial score (nSPS) is 12.0. The molecule has 3 aromatic heterocycles. The van der Waals surface area contributed by atoms with E-state index in [1.807, 2.05) is 11.3 Å². The van der Waals surface area contributed by atoms with Crippen LogP contribution in [0, 0.1) is 0 Å². The molecular formula is C42H26N2S. The van der Waals surface area contributed by atoms with Gasteiger partial charge in [0.2, 0.25) is 0 Å². The number of fused-ring (bicyclic) bond motifs is 10. The lowest BCUT2D eigenvalue weighted by Gasteiger charge is -2.11. The van der Waals surface area contributed by atoms with E-state index in [9.17, 15) is 0 Å². The van der Waals surface area contributed by atoms with Gasteiger partial charge >= 0.3 is 0 Å². The standard InChI is InChI=1S/C42H26N2S/c1-2-11-27(12-3-1)28-21-23-29(24-22-28)43-34-17-7-4-14-32(34)40-36(43)25-26-37-41(40)33-15-5-8-18-35(33)44(37)38-19-10-16-31-30-13-6-9-20-39(30)45-42(31)38/h1-26H. The van der Waals surface area contributed by atoms with Crippen LogP contribution in [-0.2, 0) is 0 Å². The van der Waals surface area contributed by atoms with Crippen LogP contribution in [0.3, 0.4) is 0 Å². The zero-order chi connectivity index (χ0) is 29.5. The van der Waals surface area contributed by atoms with Crippen LogP contribution < -0.4 is 0 Å². The van der Waals surface area contributed by atoms with Gasteiger partial charge in [0, 0.05) is 42.7 Å². The van der Waals surface area contributed by atoms with Crippen LogP contribution in [-0.4, -0.2) is 9.13 Å². The van der Waals surface area contributed by atoms with Gasteiger partial charge in [-0.2, -0.15) is 0 Å². The van der Waals surface area contributed by atoms with Gasteiger partial charge in [-0.1, -0.05) is 109 Å². The quantitative estimate of drug-likeness (QED) is 0.194. The van der Waals surface area contributed by atoms with Crippen molar-refractivity contribution in [3.05, 3.63) is 158 Å². The smallest absolute Gasteiger partial charge is 0.0640 e. The van der Waals surface area contributed by atoms with Gasteiger partial charge in [0.05, 0.1) is 32.5 Å². The topological polar surface area (TPSA) is 9.86 Å². The zero-order valence-electron chi connectivity index (χ0n) is 24.3. The fourth-order valence-electron chi connectivity index (χ4n) is 7.40. The molecule has 0 atom stereocenters. The molecule has 0 radical (unpaired) electrons. The molecule has 0 aliphatic rings. The molecule has 0 spiro atoms. The van der Waals surface area contributed by atoms with Crippen molar-refractivity contribution in [3.63, 3.8) is 0 Å². The maximum absolute atomic E-state index is 2.49. The molecule has 0 aliphatic carbocycles. The summed E-state index contributed by atoms with van der Waals surface area (Å²) in [4.78, 5) is 0. The first kappa shape index (κ1) is 24.8. The predicted molar refractivity (Wildman–Crippen MR) is 193 cm³/mol. The summed E-state index contributed by atoms with van der Waals surface area (Å²) in [6.07, 6.45) is 0. The number of para-hydroxylation sites is 2. The van der Waals surface area contributed by atoms with Crippen molar-refractivity contribution in [2.45, 2.75) is 0 Å². The third-order valence-electron chi connectivity index (χ3n) is 9.33. The SMILES string of the molecule is c1ccc(-c2ccc(-n3c4ccccc4c4c5c6ccccc6n(-c6cccc7c6sc6ccccc67)c5ccc43)cc2)cc1. The van der Waals surface area contributed by atoms with E-state index in [0.29, 0.717) is 0 Å². The van der Waals surface area contributed by atoms with E-state index in [1.54, 1.807) is 0 Å². The number of thiophene rings is 1. The minimum absolute atomic E-state index is 1.17. The minimum atomic E-state index is 1.17. The lowest BCUT2D eigenvalue weighted by atomic mass is 10.1. The number of hydrogen-bond donors (Lipinski definition) is 0. The Morgan fingerprint density at radius 2 is 0.911 bits per heavy atom. The van der Waals surface area contributed by atoms with E-state index in [4.69, 9.17) is 0 Å². The lowest BCUT2D eigenvalue weighted by molar-refractivity contribution is 1.18. The molecule has 0 saturated carbocycles. The molecule has 10 rings (SSSR count). The van der Waals surface area contributed by atoms with Crippen LogP contribution in [0.4, 0.5) is 0 Å². The van der Waals surface area contributed by atoms with E-state index >= 15 is 0 Å². The number of benzene rings is 7. The number of rotatable bonds is 3. The van der Waals surface area contributed by atoms with Gasteiger partial charge < -0.3 is 9.13 Å². The van der Waals surface area contributed by atoms with Crippen LogP contribution >= 0.6 is 11.3 Å². The third kappa shape index (κ3) is 3.50. The molecule has 10 aromatic rings. The molecule has 0 N–H and O–H groups in total. The number of aromatic nitrogens is 2. The largest absolute Gasteiger partial charge is 0.309 e. The Balaban J connectivity index is 1.29. The molecule has 7 aromatic carbocycles. The highest BCUT2D eigenvalue weighted by molar-refractivity contribution is 7.26. The predicted octanol–water partition coefficient (Wildman–Crippen LogP) is 11.9. The maximum atomic E-state index is 2.49. The van der Waals surface area contributed by atoms with Crippen LogP contribution in [0.15, 0.2) is 158 Å². The molecule has 0 fully saturated rings. The van der Waals surface area contributed by atoms with E-state index < -0.39 is 0 Å². The molecule has 0 unspecified atom stereocenters. The highest BCUT2D eigenvalue weighted by Gasteiger charge is 2.21. The maximum Gasteiger partial charge on any atom is 0.0640 e. The molecule has 0 amide bonds. The second-order valence-corrected chi connectivity index (χ2v) is 12.8. The number of nitrogens with zero attached hydrogens (tertiary/aromatic N) is 2. The molecule has 45 heavy (non-hydrogen) atoms. The van der Waals surface area contributed by atoms with Crippen molar-refractivity contribution in [1.29, 1.82) is 0 Å². The summed E-state index contributed by atoms with van der Waals surface area (Å²) in [5.41, 5.74) is 9.76. The Morgan fingerprint density at radius 3 is 1.64 bits per heavy atom. The first-order chi connectivity index (χ1) is 22.3. The van der Waals surface area contributed by atoms with Crippen LogP contribution in [0.1, 0.15) is 0 Å². The summed E-state index contributed by atoms with van der Waals surface area (Å²) in [7, 11) is 0. The molecule has 3 heterocycles. The monoisotopic (exact) mass is 590 g/mol. The van der Waals surface area contributed by atoms with Gasteiger partial charge in [-0.15, -0.1) is 11.3 Å². The molecule has 2 nitrogen and oxygen atoms in total. The van der Waals surface area contributed by atoms with Crippen molar-refractivity contribution in [2.75, 3.05) is 0 Å². The Labute approximate surface area is 263 Å². The van der Waals surface area contributed by atoms with Crippen LogP contribution in [0.5, 0.6) is 0 Å². The minimum Gasteiger partial charge on any atom is -0.309 e.